The molecule has 1 heterocycles. The normalized spacial score (nSPS) is 9.18. The summed E-state index contributed by atoms with van der Waals surface area (Å²) in [6, 6.07) is 11.5. The molecule has 0 radical (unpaired) electrons. The van der Waals surface area contributed by atoms with E-state index in [2.05, 4.69) is 31.2 Å². The zero-order valence-corrected chi connectivity index (χ0v) is 15.2. The summed E-state index contributed by atoms with van der Waals surface area (Å²) in [6.45, 7) is 10.7. The molecule has 0 fully saturated rings. The van der Waals surface area contributed by atoms with Crippen molar-refractivity contribution in [2.45, 2.75) is 54.0 Å². The fourth-order valence-corrected chi connectivity index (χ4v) is 2.10. The lowest BCUT2D eigenvalue weighted by atomic mass is 10.1. The van der Waals surface area contributed by atoms with Crippen LogP contribution in [0.4, 0.5) is 0 Å². The number of nitrogens with zero attached hydrogens (tertiary/aromatic N) is 1. The molecule has 2 aromatic rings. The topological polar surface area (TPSA) is 22.0 Å². The Morgan fingerprint density at radius 2 is 1.45 bits per heavy atom. The van der Waals surface area contributed by atoms with E-state index >= 15 is 0 Å². The van der Waals surface area contributed by atoms with Gasteiger partial charge in [-0.05, 0) is 23.6 Å². The Hall–Kier alpha value is -1.54. The minimum Gasteiger partial charge on any atom is -0.310 e. The fraction of sp³-hybridized carbons (Fsp3) is 0.421. The lowest BCUT2D eigenvalue weighted by Gasteiger charge is -2.07. The molecule has 0 bridgehead atoms. The Labute approximate surface area is 139 Å². The van der Waals surface area contributed by atoms with Gasteiger partial charge in [0.15, 0.2) is 0 Å². The molecular formula is C19H28ClNO. The number of aryl methyl sites for hydroxylation is 1. The van der Waals surface area contributed by atoms with Crippen molar-refractivity contribution in [3.63, 3.8) is 0 Å². The van der Waals surface area contributed by atoms with Gasteiger partial charge in [-0.1, -0.05) is 76.9 Å². The highest BCUT2D eigenvalue weighted by molar-refractivity contribution is 6.30. The van der Waals surface area contributed by atoms with E-state index in [1.54, 1.807) is 16.8 Å². The number of rotatable bonds is 4. The minimum absolute atomic E-state index is 0.0305. The molecule has 2 rings (SSSR count). The molecule has 0 amide bonds. The molecule has 0 saturated carbocycles. The predicted molar refractivity (Wildman–Crippen MR) is 97.9 cm³/mol. The lowest BCUT2D eigenvalue weighted by Crippen LogP contribution is -2.18. The summed E-state index contributed by atoms with van der Waals surface area (Å²) >= 11 is 5.89. The molecule has 0 N–H and O–H groups in total. The second kappa shape index (κ2) is 12.0. The highest BCUT2D eigenvalue weighted by Crippen LogP contribution is 2.09. The number of pyridine rings is 1. The molecule has 0 atom stereocenters. The van der Waals surface area contributed by atoms with E-state index in [0.29, 0.717) is 11.6 Å². The minimum atomic E-state index is -0.0305. The number of halogens is 1. The molecule has 1 aromatic carbocycles. The van der Waals surface area contributed by atoms with Crippen LogP contribution in [0.2, 0.25) is 5.02 Å². The molecule has 0 spiro atoms. The molecule has 3 heteroatoms. The second-order valence-electron chi connectivity index (χ2n) is 4.38. The third kappa shape index (κ3) is 6.95. The SMILES string of the molecule is CC.CC.CCCc1ccc(Cn2cc(Cl)ccc2=O)cc1. The van der Waals surface area contributed by atoms with E-state index in [9.17, 15) is 4.79 Å². The van der Waals surface area contributed by atoms with Gasteiger partial charge >= 0.3 is 0 Å². The maximum Gasteiger partial charge on any atom is 0.250 e. The van der Waals surface area contributed by atoms with Gasteiger partial charge in [0.1, 0.15) is 0 Å². The standard InChI is InChI=1S/C15H16ClNO.2C2H6/c1-2-3-12-4-6-13(7-5-12)10-17-11-14(16)8-9-15(17)18;2*1-2/h4-9,11H,2-3,10H2,1H3;2*1-2H3. The Kier molecular flexibility index (Phi) is 11.2. The van der Waals surface area contributed by atoms with Crippen molar-refractivity contribution in [2.24, 2.45) is 0 Å². The summed E-state index contributed by atoms with van der Waals surface area (Å²) < 4.78 is 1.62. The van der Waals surface area contributed by atoms with E-state index in [0.717, 1.165) is 18.4 Å². The largest absolute Gasteiger partial charge is 0.310 e. The second-order valence-corrected chi connectivity index (χ2v) is 4.82. The smallest absolute Gasteiger partial charge is 0.250 e. The van der Waals surface area contributed by atoms with Crippen LogP contribution in [-0.4, -0.2) is 4.57 Å². The first-order valence-corrected chi connectivity index (χ1v) is 8.50. The summed E-state index contributed by atoms with van der Waals surface area (Å²) in [5.74, 6) is 0. The molecule has 0 aliphatic heterocycles. The van der Waals surface area contributed by atoms with Gasteiger partial charge in [0, 0.05) is 12.3 Å². The van der Waals surface area contributed by atoms with Crippen LogP contribution in [0.3, 0.4) is 0 Å². The van der Waals surface area contributed by atoms with Gasteiger partial charge in [-0.25, -0.2) is 0 Å². The third-order valence-corrected chi connectivity index (χ3v) is 3.09. The van der Waals surface area contributed by atoms with Crippen LogP contribution in [-0.2, 0) is 13.0 Å². The average Bonchev–Trinajstić information content (AvgIpc) is 2.57. The third-order valence-electron chi connectivity index (χ3n) is 2.86. The lowest BCUT2D eigenvalue weighted by molar-refractivity contribution is 0.759. The molecule has 122 valence electrons. The van der Waals surface area contributed by atoms with Crippen molar-refractivity contribution >= 4 is 11.6 Å². The van der Waals surface area contributed by atoms with Crippen LogP contribution < -0.4 is 5.56 Å². The summed E-state index contributed by atoms with van der Waals surface area (Å²) in [5, 5.41) is 0.581. The summed E-state index contributed by atoms with van der Waals surface area (Å²) in [6.07, 6.45) is 3.91. The van der Waals surface area contributed by atoms with Gasteiger partial charge in [-0.15, -0.1) is 0 Å². The first-order chi connectivity index (χ1) is 10.7. The van der Waals surface area contributed by atoms with Crippen molar-refractivity contribution in [3.8, 4) is 0 Å². The van der Waals surface area contributed by atoms with E-state index < -0.39 is 0 Å². The first-order valence-electron chi connectivity index (χ1n) is 8.13. The summed E-state index contributed by atoms with van der Waals surface area (Å²) in [5.41, 5.74) is 2.41. The molecular weight excluding hydrogens is 294 g/mol. The van der Waals surface area contributed by atoms with Crippen LogP contribution in [0.25, 0.3) is 0 Å². The Bertz CT molecular complexity index is 573. The molecule has 0 aliphatic carbocycles. The zero-order chi connectivity index (χ0) is 17.0. The van der Waals surface area contributed by atoms with Crippen LogP contribution in [0.15, 0.2) is 47.4 Å². The van der Waals surface area contributed by atoms with Crippen LogP contribution >= 0.6 is 11.6 Å². The predicted octanol–water partition coefficient (Wildman–Crippen LogP) is 5.55. The van der Waals surface area contributed by atoms with Crippen molar-refractivity contribution < 1.29 is 0 Å². The zero-order valence-electron chi connectivity index (χ0n) is 14.4. The van der Waals surface area contributed by atoms with Crippen LogP contribution in [0.1, 0.15) is 52.2 Å². The Morgan fingerprint density at radius 3 is 2.00 bits per heavy atom. The first kappa shape index (κ1) is 20.5. The van der Waals surface area contributed by atoms with E-state index in [1.165, 1.54) is 11.6 Å². The van der Waals surface area contributed by atoms with Crippen molar-refractivity contribution in [1.82, 2.24) is 4.57 Å². The van der Waals surface area contributed by atoms with Crippen molar-refractivity contribution in [2.75, 3.05) is 0 Å². The number of hydrogen-bond donors (Lipinski definition) is 0. The average molecular weight is 322 g/mol. The molecule has 0 saturated heterocycles. The quantitative estimate of drug-likeness (QED) is 0.723. The van der Waals surface area contributed by atoms with Crippen molar-refractivity contribution in [1.29, 1.82) is 0 Å². The fourth-order valence-electron chi connectivity index (χ4n) is 1.92. The van der Waals surface area contributed by atoms with Crippen LogP contribution in [0, 0.1) is 0 Å². The maximum atomic E-state index is 11.6. The van der Waals surface area contributed by atoms with Crippen LogP contribution in [0.5, 0.6) is 0 Å². The molecule has 1 aromatic heterocycles. The number of aromatic nitrogens is 1. The van der Waals surface area contributed by atoms with E-state index in [4.69, 9.17) is 11.6 Å². The van der Waals surface area contributed by atoms with Gasteiger partial charge < -0.3 is 4.57 Å². The van der Waals surface area contributed by atoms with E-state index in [-0.39, 0.29) is 5.56 Å². The number of benzene rings is 1. The maximum absolute atomic E-state index is 11.6. The monoisotopic (exact) mass is 321 g/mol. The van der Waals surface area contributed by atoms with Gasteiger partial charge in [0.25, 0.3) is 5.56 Å². The van der Waals surface area contributed by atoms with Gasteiger partial charge in [0.05, 0.1) is 11.6 Å². The molecule has 0 unspecified atom stereocenters. The highest BCUT2D eigenvalue weighted by atomic mass is 35.5. The Morgan fingerprint density at radius 1 is 0.909 bits per heavy atom. The highest BCUT2D eigenvalue weighted by Gasteiger charge is 1.99. The molecule has 0 aliphatic rings. The number of hydrogen-bond acceptors (Lipinski definition) is 1. The molecule has 22 heavy (non-hydrogen) atoms. The molecule has 2 nitrogen and oxygen atoms in total. The van der Waals surface area contributed by atoms with Gasteiger partial charge in [-0.3, -0.25) is 4.79 Å². The van der Waals surface area contributed by atoms with E-state index in [1.807, 2.05) is 27.7 Å². The summed E-state index contributed by atoms with van der Waals surface area (Å²) in [7, 11) is 0. The Balaban J connectivity index is 0.00000102. The summed E-state index contributed by atoms with van der Waals surface area (Å²) in [4.78, 5) is 11.6. The van der Waals surface area contributed by atoms with Gasteiger partial charge in [0.2, 0.25) is 0 Å². The van der Waals surface area contributed by atoms with Gasteiger partial charge in [-0.2, -0.15) is 0 Å². The van der Waals surface area contributed by atoms with Crippen molar-refractivity contribution in [3.05, 3.63) is 69.1 Å².